The lowest BCUT2D eigenvalue weighted by Gasteiger charge is -2.16. The van der Waals surface area contributed by atoms with Crippen LogP contribution < -0.4 is 10.6 Å². The third-order valence-electron chi connectivity index (χ3n) is 4.34. The highest BCUT2D eigenvalue weighted by molar-refractivity contribution is 8.00. The van der Waals surface area contributed by atoms with Gasteiger partial charge in [-0.3, -0.25) is 14.7 Å². The normalized spacial score (nSPS) is 17.3. The maximum Gasteiger partial charge on any atom is 0.321 e. The second kappa shape index (κ2) is 9.16. The Kier molecular flexibility index (Phi) is 6.63. The molecule has 1 saturated heterocycles. The van der Waals surface area contributed by atoms with Gasteiger partial charge < -0.3 is 10.1 Å². The Morgan fingerprint density at radius 1 is 1.36 bits per heavy atom. The van der Waals surface area contributed by atoms with Gasteiger partial charge in [-0.25, -0.2) is 9.18 Å². The van der Waals surface area contributed by atoms with Crippen LogP contribution in [0.15, 0.2) is 29.4 Å². The van der Waals surface area contributed by atoms with Gasteiger partial charge >= 0.3 is 6.03 Å². The predicted molar refractivity (Wildman–Crippen MR) is 102 cm³/mol. The molecule has 3 rings (SSSR count). The van der Waals surface area contributed by atoms with Gasteiger partial charge in [-0.15, -0.1) is 10.2 Å². The first-order valence-electron chi connectivity index (χ1n) is 8.98. The minimum absolute atomic E-state index is 0.0320. The van der Waals surface area contributed by atoms with Crippen LogP contribution >= 0.6 is 11.8 Å². The van der Waals surface area contributed by atoms with Crippen molar-refractivity contribution in [3.63, 3.8) is 0 Å². The van der Waals surface area contributed by atoms with Gasteiger partial charge in [0.2, 0.25) is 5.91 Å². The summed E-state index contributed by atoms with van der Waals surface area (Å²) >= 11 is 1.20. The molecule has 1 fully saturated rings. The fourth-order valence-electron chi connectivity index (χ4n) is 2.83. The summed E-state index contributed by atoms with van der Waals surface area (Å²) in [6.45, 7) is 2.93. The first-order chi connectivity index (χ1) is 13.5. The molecule has 1 aromatic carbocycles. The molecule has 0 spiro atoms. The summed E-state index contributed by atoms with van der Waals surface area (Å²) in [6, 6.07) is 5.45. The van der Waals surface area contributed by atoms with E-state index in [-0.39, 0.29) is 11.9 Å². The van der Waals surface area contributed by atoms with Gasteiger partial charge in [0.1, 0.15) is 5.82 Å². The topological polar surface area (TPSA) is 98.1 Å². The Labute approximate surface area is 166 Å². The van der Waals surface area contributed by atoms with Crippen LogP contribution in [0.25, 0.3) is 11.4 Å². The van der Waals surface area contributed by atoms with Crippen LogP contribution in [0, 0.1) is 5.82 Å². The zero-order valence-corrected chi connectivity index (χ0v) is 16.5. The molecule has 8 nitrogen and oxygen atoms in total. The van der Waals surface area contributed by atoms with Crippen LogP contribution in [-0.2, 0) is 16.1 Å². The molecular weight excluding hydrogens is 385 g/mol. The van der Waals surface area contributed by atoms with E-state index in [1.54, 1.807) is 19.1 Å². The van der Waals surface area contributed by atoms with Gasteiger partial charge in [0.15, 0.2) is 11.0 Å². The number of halogens is 1. The highest BCUT2D eigenvalue weighted by Gasteiger charge is 2.25. The number of thioether (sulfide) groups is 1. The summed E-state index contributed by atoms with van der Waals surface area (Å²) in [5.41, 5.74) is 0.723. The van der Waals surface area contributed by atoms with Crippen LogP contribution in [-0.4, -0.2) is 51.7 Å². The highest BCUT2D eigenvalue weighted by Crippen LogP contribution is 2.29. The smallest absolute Gasteiger partial charge is 0.321 e. The fraction of sp³-hybridized carbons (Fsp3) is 0.444. The molecule has 2 atom stereocenters. The average molecular weight is 407 g/mol. The van der Waals surface area contributed by atoms with E-state index in [0.29, 0.717) is 24.1 Å². The molecule has 1 aliphatic heterocycles. The molecule has 2 heterocycles. The standard InChI is InChI=1S/C18H22FN5O3S/c1-11(16(25)21-17(26)20-2)28-18-23-22-15(12-5-7-13(19)8-6-12)24(18)10-14-4-3-9-27-14/h5-8,11,14H,3-4,9-10H2,1-2H3,(H2,20,21,25,26)/t11-,14+/m1/s1. The second-order valence-electron chi connectivity index (χ2n) is 6.39. The number of rotatable bonds is 6. The molecule has 0 unspecified atom stereocenters. The molecule has 28 heavy (non-hydrogen) atoms. The van der Waals surface area contributed by atoms with Crippen molar-refractivity contribution in [1.29, 1.82) is 0 Å². The van der Waals surface area contributed by atoms with Crippen molar-refractivity contribution in [3.05, 3.63) is 30.1 Å². The fourth-order valence-corrected chi connectivity index (χ4v) is 3.69. The third-order valence-corrected chi connectivity index (χ3v) is 5.43. The van der Waals surface area contributed by atoms with Crippen molar-refractivity contribution in [2.45, 2.75) is 42.8 Å². The number of amides is 3. The van der Waals surface area contributed by atoms with Gasteiger partial charge in [0, 0.05) is 19.2 Å². The number of benzene rings is 1. The van der Waals surface area contributed by atoms with Crippen molar-refractivity contribution in [1.82, 2.24) is 25.4 Å². The second-order valence-corrected chi connectivity index (χ2v) is 7.70. The molecule has 0 aliphatic carbocycles. The van der Waals surface area contributed by atoms with Crippen molar-refractivity contribution in [2.24, 2.45) is 0 Å². The molecule has 150 valence electrons. The molecule has 0 saturated carbocycles. The van der Waals surface area contributed by atoms with Crippen molar-refractivity contribution in [3.8, 4) is 11.4 Å². The predicted octanol–water partition coefficient (Wildman–Crippen LogP) is 2.20. The number of nitrogens with one attached hydrogen (secondary N) is 2. The van der Waals surface area contributed by atoms with Gasteiger partial charge in [-0.1, -0.05) is 11.8 Å². The van der Waals surface area contributed by atoms with E-state index in [1.165, 1.54) is 30.9 Å². The Balaban J connectivity index is 1.84. The van der Waals surface area contributed by atoms with Crippen LogP contribution in [0.1, 0.15) is 19.8 Å². The zero-order chi connectivity index (χ0) is 20.1. The lowest BCUT2D eigenvalue weighted by atomic mass is 10.2. The largest absolute Gasteiger partial charge is 0.376 e. The van der Waals surface area contributed by atoms with Crippen LogP contribution in [0.5, 0.6) is 0 Å². The Hall–Kier alpha value is -2.46. The first-order valence-corrected chi connectivity index (χ1v) is 9.86. The quantitative estimate of drug-likeness (QED) is 0.713. The van der Waals surface area contributed by atoms with Crippen molar-refractivity contribution < 1.29 is 18.7 Å². The number of imide groups is 1. The van der Waals surface area contributed by atoms with Crippen molar-refractivity contribution >= 4 is 23.7 Å². The number of hydrogen-bond acceptors (Lipinski definition) is 6. The number of carbonyl (C=O) groups is 2. The third kappa shape index (κ3) is 4.87. The van der Waals surface area contributed by atoms with Gasteiger partial charge in [-0.05, 0) is 44.0 Å². The number of aromatic nitrogens is 3. The number of carbonyl (C=O) groups excluding carboxylic acids is 2. The minimum Gasteiger partial charge on any atom is -0.376 e. The summed E-state index contributed by atoms with van der Waals surface area (Å²) in [7, 11) is 1.44. The van der Waals surface area contributed by atoms with E-state index < -0.39 is 17.2 Å². The van der Waals surface area contributed by atoms with Crippen LogP contribution in [0.3, 0.4) is 0 Å². The zero-order valence-electron chi connectivity index (χ0n) is 15.6. The Morgan fingerprint density at radius 3 is 2.75 bits per heavy atom. The molecular formula is C18H22FN5O3S. The van der Waals surface area contributed by atoms with Crippen LogP contribution in [0.2, 0.25) is 0 Å². The van der Waals surface area contributed by atoms with Crippen LogP contribution in [0.4, 0.5) is 9.18 Å². The molecule has 2 aromatic rings. The monoisotopic (exact) mass is 407 g/mol. The summed E-state index contributed by atoms with van der Waals surface area (Å²) in [5.74, 6) is -0.181. The summed E-state index contributed by atoms with van der Waals surface area (Å²) in [5, 5.41) is 13.0. The molecule has 2 N–H and O–H groups in total. The molecule has 0 radical (unpaired) electrons. The van der Waals surface area contributed by atoms with E-state index >= 15 is 0 Å². The first kappa shape index (κ1) is 20.3. The van der Waals surface area contributed by atoms with E-state index in [9.17, 15) is 14.0 Å². The lowest BCUT2D eigenvalue weighted by Crippen LogP contribution is -2.41. The Morgan fingerprint density at radius 2 is 2.11 bits per heavy atom. The highest BCUT2D eigenvalue weighted by atomic mass is 32.2. The molecule has 10 heteroatoms. The molecule has 1 aliphatic rings. The Bertz CT molecular complexity index is 836. The van der Waals surface area contributed by atoms with E-state index in [4.69, 9.17) is 4.74 Å². The molecule has 3 amide bonds. The maximum atomic E-state index is 13.3. The number of nitrogens with zero attached hydrogens (tertiary/aromatic N) is 3. The number of ether oxygens (including phenoxy) is 1. The summed E-state index contributed by atoms with van der Waals surface area (Å²) in [4.78, 5) is 23.5. The SMILES string of the molecule is CNC(=O)NC(=O)[C@@H](C)Sc1nnc(-c2ccc(F)cc2)n1C[C@@H]1CCCO1. The molecule has 0 bridgehead atoms. The molecule has 1 aromatic heterocycles. The van der Waals surface area contributed by atoms with E-state index in [1.807, 2.05) is 4.57 Å². The minimum atomic E-state index is -0.565. The average Bonchev–Trinajstić information content (AvgIpc) is 3.33. The van der Waals surface area contributed by atoms with Gasteiger partial charge in [0.25, 0.3) is 0 Å². The number of hydrogen-bond donors (Lipinski definition) is 2. The van der Waals surface area contributed by atoms with E-state index in [2.05, 4.69) is 20.8 Å². The maximum absolute atomic E-state index is 13.3. The summed E-state index contributed by atoms with van der Waals surface area (Å²) in [6.07, 6.45) is 1.95. The summed E-state index contributed by atoms with van der Waals surface area (Å²) < 4.78 is 20.9. The van der Waals surface area contributed by atoms with E-state index in [0.717, 1.165) is 18.4 Å². The lowest BCUT2D eigenvalue weighted by molar-refractivity contribution is -0.119. The number of urea groups is 1. The van der Waals surface area contributed by atoms with Gasteiger partial charge in [-0.2, -0.15) is 0 Å². The van der Waals surface area contributed by atoms with Crippen molar-refractivity contribution in [2.75, 3.05) is 13.7 Å². The van der Waals surface area contributed by atoms with Gasteiger partial charge in [0.05, 0.1) is 17.9 Å².